The third kappa shape index (κ3) is 4.81. The highest BCUT2D eigenvalue weighted by Gasteiger charge is 2.39. The summed E-state index contributed by atoms with van der Waals surface area (Å²) in [5.41, 5.74) is 4.42. The molecule has 1 atom stereocenters. The maximum Gasteiger partial charge on any atom is 0.338 e. The van der Waals surface area contributed by atoms with E-state index >= 15 is 0 Å². The summed E-state index contributed by atoms with van der Waals surface area (Å²) in [6, 6.07) is 8.14. The molecule has 182 valence electrons. The Bertz CT molecular complexity index is 1120. The van der Waals surface area contributed by atoms with Gasteiger partial charge < -0.3 is 24.3 Å². The molecular formula is C26H32N2O6. The number of aryl methyl sites for hydroxylation is 2. The van der Waals surface area contributed by atoms with E-state index in [1.807, 2.05) is 26.8 Å². The first-order chi connectivity index (χ1) is 16.2. The van der Waals surface area contributed by atoms with Crippen LogP contribution in [0.2, 0.25) is 0 Å². The van der Waals surface area contributed by atoms with Crippen molar-refractivity contribution in [3.8, 4) is 17.2 Å². The van der Waals surface area contributed by atoms with Crippen molar-refractivity contribution in [2.45, 2.75) is 33.7 Å². The van der Waals surface area contributed by atoms with Gasteiger partial charge in [-0.3, -0.25) is 4.90 Å². The lowest BCUT2D eigenvalue weighted by Gasteiger charge is -2.35. The molecule has 8 heteroatoms. The van der Waals surface area contributed by atoms with Crippen molar-refractivity contribution in [3.05, 3.63) is 63.9 Å². The van der Waals surface area contributed by atoms with Gasteiger partial charge in [-0.1, -0.05) is 18.2 Å². The number of hydrogen-bond donors (Lipinski definition) is 1. The van der Waals surface area contributed by atoms with Crippen LogP contribution in [-0.4, -0.2) is 51.4 Å². The van der Waals surface area contributed by atoms with Gasteiger partial charge in [0.1, 0.15) is 12.4 Å². The van der Waals surface area contributed by atoms with Crippen LogP contribution < -0.4 is 19.5 Å². The van der Waals surface area contributed by atoms with Gasteiger partial charge in [-0.15, -0.1) is 0 Å². The predicted molar refractivity (Wildman–Crippen MR) is 128 cm³/mol. The molecule has 0 aromatic heterocycles. The molecule has 2 aromatic rings. The molecule has 0 bridgehead atoms. The monoisotopic (exact) mass is 468 g/mol. The Hall–Kier alpha value is -3.68. The third-order valence-corrected chi connectivity index (χ3v) is 5.95. The van der Waals surface area contributed by atoms with Gasteiger partial charge in [-0.2, -0.15) is 0 Å². The van der Waals surface area contributed by atoms with Gasteiger partial charge in [0.2, 0.25) is 0 Å². The molecule has 0 aliphatic carbocycles. The number of nitrogens with one attached hydrogen (secondary N) is 1. The minimum atomic E-state index is -0.813. The number of rotatable bonds is 8. The fourth-order valence-electron chi connectivity index (χ4n) is 4.05. The molecule has 1 aliphatic heterocycles. The van der Waals surface area contributed by atoms with E-state index in [0.717, 1.165) is 16.7 Å². The average molecular weight is 469 g/mol. The zero-order chi connectivity index (χ0) is 25.0. The van der Waals surface area contributed by atoms with E-state index < -0.39 is 12.0 Å². The fraction of sp³-hybridized carbons (Fsp3) is 0.385. The predicted octanol–water partition coefficient (Wildman–Crippen LogP) is 4.22. The Balaban J connectivity index is 2.14. The summed E-state index contributed by atoms with van der Waals surface area (Å²) in [6.07, 6.45) is 0. The molecule has 3 rings (SSSR count). The smallest absolute Gasteiger partial charge is 0.338 e. The highest BCUT2D eigenvalue weighted by Crippen LogP contribution is 2.40. The number of ether oxygens (including phenoxy) is 4. The van der Waals surface area contributed by atoms with Crippen LogP contribution in [-0.2, 0) is 9.53 Å². The van der Waals surface area contributed by atoms with Crippen molar-refractivity contribution >= 4 is 12.0 Å². The maximum absolute atomic E-state index is 13.2. The van der Waals surface area contributed by atoms with Crippen LogP contribution in [0.1, 0.15) is 35.2 Å². The molecule has 0 radical (unpaired) electrons. The Morgan fingerprint density at radius 3 is 2.47 bits per heavy atom. The second-order valence-electron chi connectivity index (χ2n) is 8.10. The molecule has 0 fully saturated rings. The summed E-state index contributed by atoms with van der Waals surface area (Å²) in [7, 11) is 4.64. The van der Waals surface area contributed by atoms with Crippen LogP contribution in [0.15, 0.2) is 41.6 Å². The number of methoxy groups -OCH3 is 2. The van der Waals surface area contributed by atoms with Gasteiger partial charge in [0, 0.05) is 12.6 Å². The molecule has 2 aromatic carbocycles. The van der Waals surface area contributed by atoms with Crippen LogP contribution >= 0.6 is 0 Å². The van der Waals surface area contributed by atoms with Crippen molar-refractivity contribution in [1.29, 1.82) is 0 Å². The van der Waals surface area contributed by atoms with Gasteiger partial charge in [-0.05, 0) is 56.5 Å². The van der Waals surface area contributed by atoms with Crippen LogP contribution in [0.4, 0.5) is 4.79 Å². The van der Waals surface area contributed by atoms with Crippen LogP contribution in [0.5, 0.6) is 17.2 Å². The van der Waals surface area contributed by atoms with Gasteiger partial charge >= 0.3 is 12.0 Å². The summed E-state index contributed by atoms with van der Waals surface area (Å²) < 4.78 is 22.5. The van der Waals surface area contributed by atoms with E-state index in [1.54, 1.807) is 32.2 Å². The number of likely N-dealkylation sites (N-methyl/N-ethyl adjacent to an activating group) is 1. The first-order valence-electron chi connectivity index (χ1n) is 11.1. The van der Waals surface area contributed by atoms with Crippen LogP contribution in [0, 0.1) is 20.8 Å². The van der Waals surface area contributed by atoms with Gasteiger partial charge in [0.15, 0.2) is 11.5 Å². The SMILES string of the molecule is CCOC(=O)C1=C(COc2cc(C)cc(C)c2C)N(C)C(=O)N[C@@H]1c1cccc(OC)c1OC. The largest absolute Gasteiger partial charge is 0.493 e. The molecule has 2 amide bonds. The molecular weight excluding hydrogens is 436 g/mol. The van der Waals surface area contributed by atoms with Crippen molar-refractivity contribution in [3.63, 3.8) is 0 Å². The van der Waals surface area contributed by atoms with Crippen LogP contribution in [0.25, 0.3) is 0 Å². The van der Waals surface area contributed by atoms with E-state index in [-0.39, 0.29) is 24.8 Å². The second-order valence-corrected chi connectivity index (χ2v) is 8.10. The quantitative estimate of drug-likeness (QED) is 0.584. The number of carbonyl (C=O) groups excluding carboxylic acids is 2. The van der Waals surface area contributed by atoms with E-state index in [2.05, 4.69) is 11.4 Å². The van der Waals surface area contributed by atoms with Gasteiger partial charge in [0.25, 0.3) is 0 Å². The Labute approximate surface area is 200 Å². The van der Waals surface area contributed by atoms with Crippen molar-refractivity contribution in [2.24, 2.45) is 0 Å². The Morgan fingerprint density at radius 2 is 1.82 bits per heavy atom. The highest BCUT2D eigenvalue weighted by molar-refractivity contribution is 5.95. The summed E-state index contributed by atoms with van der Waals surface area (Å²) in [5, 5.41) is 2.89. The minimum absolute atomic E-state index is 0.00455. The fourth-order valence-corrected chi connectivity index (χ4v) is 4.05. The first-order valence-corrected chi connectivity index (χ1v) is 11.1. The molecule has 34 heavy (non-hydrogen) atoms. The lowest BCUT2D eigenvalue weighted by Crippen LogP contribution is -2.48. The molecule has 8 nitrogen and oxygen atoms in total. The first kappa shape index (κ1) is 25.0. The van der Waals surface area contributed by atoms with E-state index in [0.29, 0.717) is 28.5 Å². The van der Waals surface area contributed by atoms with E-state index in [1.165, 1.54) is 19.1 Å². The summed E-state index contributed by atoms with van der Waals surface area (Å²) >= 11 is 0. The zero-order valence-corrected chi connectivity index (χ0v) is 20.8. The molecule has 1 aliphatic rings. The number of amides is 2. The molecule has 0 saturated heterocycles. The molecule has 1 N–H and O–H groups in total. The van der Waals surface area contributed by atoms with Crippen LogP contribution in [0.3, 0.4) is 0 Å². The molecule has 0 saturated carbocycles. The van der Waals surface area contributed by atoms with Crippen molar-refractivity contribution in [2.75, 3.05) is 34.5 Å². The number of carbonyl (C=O) groups is 2. The number of hydrogen-bond acceptors (Lipinski definition) is 6. The summed E-state index contributed by atoms with van der Waals surface area (Å²) in [6.45, 7) is 7.92. The average Bonchev–Trinajstić information content (AvgIpc) is 2.81. The van der Waals surface area contributed by atoms with Crippen molar-refractivity contribution < 1.29 is 28.5 Å². The van der Waals surface area contributed by atoms with Gasteiger partial charge in [0.05, 0.1) is 38.1 Å². The maximum atomic E-state index is 13.2. The van der Waals surface area contributed by atoms with E-state index in [9.17, 15) is 9.59 Å². The summed E-state index contributed by atoms with van der Waals surface area (Å²) in [5.74, 6) is 1.06. The van der Waals surface area contributed by atoms with Gasteiger partial charge in [-0.25, -0.2) is 9.59 Å². The number of para-hydroxylation sites is 1. The molecule has 0 unspecified atom stereocenters. The minimum Gasteiger partial charge on any atom is -0.493 e. The number of esters is 1. The number of urea groups is 1. The number of benzene rings is 2. The summed E-state index contributed by atoms with van der Waals surface area (Å²) in [4.78, 5) is 27.5. The zero-order valence-electron chi connectivity index (χ0n) is 20.8. The Kier molecular flexibility index (Phi) is 7.71. The standard InChI is InChI=1S/C26H32N2O6/c1-8-33-25(29)22-19(14-34-21-13-15(2)12-16(3)17(21)4)28(5)26(30)27-23(22)18-10-9-11-20(31-6)24(18)32-7/h9-13,23H,8,14H2,1-7H3,(H,27,30)/t23-/m1/s1. The third-order valence-electron chi connectivity index (χ3n) is 5.95. The van der Waals surface area contributed by atoms with E-state index in [4.69, 9.17) is 18.9 Å². The highest BCUT2D eigenvalue weighted by atomic mass is 16.5. The lowest BCUT2D eigenvalue weighted by atomic mass is 9.93. The number of nitrogens with zero attached hydrogens (tertiary/aromatic N) is 1. The second kappa shape index (κ2) is 10.5. The topological polar surface area (TPSA) is 86.3 Å². The molecule has 1 heterocycles. The van der Waals surface area contributed by atoms with Crippen molar-refractivity contribution in [1.82, 2.24) is 10.2 Å². The Morgan fingerprint density at radius 1 is 1.09 bits per heavy atom. The molecule has 0 spiro atoms. The normalized spacial score (nSPS) is 15.7. The lowest BCUT2D eigenvalue weighted by molar-refractivity contribution is -0.139.